The van der Waals surface area contributed by atoms with E-state index in [9.17, 15) is 0 Å². The molecule has 1 aromatic carbocycles. The van der Waals surface area contributed by atoms with Crippen LogP contribution in [0.4, 0.5) is 0 Å². The van der Waals surface area contributed by atoms with Crippen molar-refractivity contribution in [3.8, 4) is 0 Å². The predicted molar refractivity (Wildman–Crippen MR) is 144 cm³/mol. The molecular weight excluding hydrogens is 432 g/mol. The van der Waals surface area contributed by atoms with Crippen LogP contribution in [0.15, 0.2) is 83.8 Å². The van der Waals surface area contributed by atoms with Crippen LogP contribution in [0, 0.1) is 0 Å². The maximum atomic E-state index is 5.42. The molecule has 5 nitrogen and oxygen atoms in total. The third-order valence-corrected chi connectivity index (χ3v) is 6.63. The Labute approximate surface area is 208 Å². The zero-order valence-corrected chi connectivity index (χ0v) is 20.2. The number of morpholine rings is 1. The summed E-state index contributed by atoms with van der Waals surface area (Å²) >= 11 is 0. The third kappa shape index (κ3) is 6.81. The lowest BCUT2D eigenvalue weighted by Gasteiger charge is -2.26. The number of hydrogen-bond donors (Lipinski definition) is 2. The van der Waals surface area contributed by atoms with Crippen LogP contribution in [0.5, 0.6) is 0 Å². The van der Waals surface area contributed by atoms with Gasteiger partial charge in [-0.1, -0.05) is 54.6 Å². The lowest BCUT2D eigenvalue weighted by atomic mass is 10.0. The second-order valence-corrected chi connectivity index (χ2v) is 9.23. The van der Waals surface area contributed by atoms with E-state index in [0.717, 1.165) is 63.5 Å². The summed E-state index contributed by atoms with van der Waals surface area (Å²) in [5.41, 5.74) is 8.32. The summed E-state index contributed by atoms with van der Waals surface area (Å²) in [7, 11) is 0. The first-order valence-corrected chi connectivity index (χ1v) is 12.6. The van der Waals surface area contributed by atoms with Gasteiger partial charge >= 0.3 is 0 Å². The zero-order valence-electron chi connectivity index (χ0n) is 20.2. The van der Waals surface area contributed by atoms with Crippen molar-refractivity contribution in [1.82, 2.24) is 20.4 Å². The first kappa shape index (κ1) is 23.3. The highest BCUT2D eigenvalue weighted by atomic mass is 16.5. The average molecular weight is 467 g/mol. The number of ether oxygens (including phenoxy) is 1. The molecule has 0 radical (unpaired) electrons. The molecule has 35 heavy (non-hydrogen) atoms. The van der Waals surface area contributed by atoms with E-state index in [4.69, 9.17) is 4.74 Å². The smallest absolute Gasteiger partial charge is 0.0854 e. The van der Waals surface area contributed by atoms with Gasteiger partial charge in [0.05, 0.1) is 24.6 Å². The molecule has 0 amide bonds. The van der Waals surface area contributed by atoms with Crippen molar-refractivity contribution in [2.75, 3.05) is 32.8 Å². The van der Waals surface area contributed by atoms with Crippen molar-refractivity contribution >= 4 is 18.2 Å². The Morgan fingerprint density at radius 2 is 1.83 bits per heavy atom. The van der Waals surface area contributed by atoms with Gasteiger partial charge in [-0.3, -0.25) is 10.00 Å². The molecule has 0 unspecified atom stereocenters. The minimum absolute atomic E-state index is 0.874. The number of rotatable bonds is 8. The van der Waals surface area contributed by atoms with Gasteiger partial charge in [-0.25, -0.2) is 0 Å². The number of nitrogens with zero attached hydrogens (tertiary/aromatic N) is 2. The van der Waals surface area contributed by atoms with E-state index in [1.54, 1.807) is 0 Å². The highest BCUT2D eigenvalue weighted by Crippen LogP contribution is 2.23. The van der Waals surface area contributed by atoms with E-state index in [1.165, 1.54) is 34.4 Å². The van der Waals surface area contributed by atoms with Gasteiger partial charge in [-0.2, -0.15) is 5.10 Å². The molecule has 1 fully saturated rings. The van der Waals surface area contributed by atoms with Gasteiger partial charge in [0.2, 0.25) is 0 Å². The number of aromatic nitrogens is 2. The summed E-state index contributed by atoms with van der Waals surface area (Å²) in [6.45, 7) is 5.04. The van der Waals surface area contributed by atoms with Crippen LogP contribution < -0.4 is 5.32 Å². The van der Waals surface area contributed by atoms with Crippen LogP contribution in [-0.2, 0) is 11.2 Å². The number of dihydropyridines is 1. The van der Waals surface area contributed by atoms with Gasteiger partial charge in [0.1, 0.15) is 0 Å². The van der Waals surface area contributed by atoms with E-state index >= 15 is 0 Å². The van der Waals surface area contributed by atoms with Crippen LogP contribution >= 0.6 is 0 Å². The largest absolute Gasteiger partial charge is 0.379 e. The zero-order chi connectivity index (χ0) is 23.7. The lowest BCUT2D eigenvalue weighted by Crippen LogP contribution is -2.36. The molecule has 5 rings (SSSR count). The Kier molecular flexibility index (Phi) is 7.89. The molecule has 180 valence electrons. The fourth-order valence-electron chi connectivity index (χ4n) is 4.57. The van der Waals surface area contributed by atoms with Crippen molar-refractivity contribution in [2.45, 2.75) is 25.7 Å². The second-order valence-electron chi connectivity index (χ2n) is 9.23. The number of H-pyrrole nitrogens is 1. The molecule has 1 aromatic heterocycles. The molecule has 2 N–H and O–H groups in total. The first-order chi connectivity index (χ1) is 17.3. The minimum Gasteiger partial charge on any atom is -0.379 e. The Hall–Kier alpha value is -3.41. The lowest BCUT2D eigenvalue weighted by molar-refractivity contribution is 0.0375. The van der Waals surface area contributed by atoms with Crippen LogP contribution in [0.3, 0.4) is 0 Å². The molecular formula is C30H34N4O. The molecule has 3 heterocycles. The van der Waals surface area contributed by atoms with Crippen LogP contribution in [0.25, 0.3) is 18.2 Å². The highest BCUT2D eigenvalue weighted by Gasteiger charge is 2.10. The summed E-state index contributed by atoms with van der Waals surface area (Å²) in [5.74, 6) is 0. The number of hydrogen-bond acceptors (Lipinski definition) is 4. The van der Waals surface area contributed by atoms with Crippen molar-refractivity contribution in [1.29, 1.82) is 0 Å². The Balaban J connectivity index is 1.12. The van der Waals surface area contributed by atoms with Crippen LogP contribution in [0.2, 0.25) is 0 Å². The standard InChI is InChI=1S/C30H34N4O/c1-4-26(22-30-27(6-1)7-2-16-31-30)13-15-29-23-28(32-33-29)14-12-25-10-8-24(9-11-25)5-3-17-34-18-20-35-21-19-34/h1-2,4,8-16,22-23,31H,3,5-7,17-21H2,(H,32,33)/b14-12+,15-13+. The quantitative estimate of drug-likeness (QED) is 0.539. The summed E-state index contributed by atoms with van der Waals surface area (Å²) in [4.78, 5) is 2.50. The summed E-state index contributed by atoms with van der Waals surface area (Å²) < 4.78 is 5.42. The van der Waals surface area contributed by atoms with Crippen molar-refractivity contribution in [3.05, 3.63) is 106 Å². The van der Waals surface area contributed by atoms with Crippen LogP contribution in [0.1, 0.15) is 41.8 Å². The van der Waals surface area contributed by atoms with Gasteiger partial charge in [0, 0.05) is 18.8 Å². The normalized spacial score (nSPS) is 18.7. The third-order valence-electron chi connectivity index (χ3n) is 6.63. The second kappa shape index (κ2) is 11.8. The first-order valence-electron chi connectivity index (χ1n) is 12.6. The predicted octanol–water partition coefficient (Wildman–Crippen LogP) is 5.51. The Morgan fingerprint density at radius 3 is 2.71 bits per heavy atom. The molecule has 2 aromatic rings. The monoisotopic (exact) mass is 466 g/mol. The summed E-state index contributed by atoms with van der Waals surface area (Å²) in [6, 6.07) is 10.9. The van der Waals surface area contributed by atoms with E-state index < -0.39 is 0 Å². The van der Waals surface area contributed by atoms with Crippen molar-refractivity contribution < 1.29 is 4.74 Å². The van der Waals surface area contributed by atoms with E-state index in [1.807, 2.05) is 6.20 Å². The number of aryl methyl sites for hydroxylation is 1. The molecule has 0 bridgehead atoms. The van der Waals surface area contributed by atoms with Gasteiger partial charge in [0.25, 0.3) is 0 Å². The van der Waals surface area contributed by atoms with Gasteiger partial charge in [0.15, 0.2) is 0 Å². The van der Waals surface area contributed by atoms with Crippen LogP contribution in [-0.4, -0.2) is 47.9 Å². The molecule has 2 aliphatic heterocycles. The minimum atomic E-state index is 0.874. The maximum Gasteiger partial charge on any atom is 0.0854 e. The van der Waals surface area contributed by atoms with E-state index in [2.05, 4.69) is 99.4 Å². The fraction of sp³-hybridized carbons (Fsp3) is 0.300. The van der Waals surface area contributed by atoms with Crippen molar-refractivity contribution in [3.63, 3.8) is 0 Å². The SMILES string of the molecule is C1=CNC2=C(C1)CC=CC(/C=C/c1cc(/C=C/c3ccc(CCCN4CCOCC4)cc3)[nH]n1)=C2. The Bertz CT molecular complexity index is 1170. The van der Waals surface area contributed by atoms with Gasteiger partial charge in [-0.15, -0.1) is 0 Å². The number of nitrogens with one attached hydrogen (secondary N) is 2. The molecule has 0 spiro atoms. The Morgan fingerprint density at radius 1 is 0.971 bits per heavy atom. The number of aromatic amines is 1. The molecule has 1 aliphatic carbocycles. The summed E-state index contributed by atoms with van der Waals surface area (Å²) in [5, 5.41) is 10.9. The topological polar surface area (TPSA) is 53.2 Å². The van der Waals surface area contributed by atoms with Gasteiger partial charge < -0.3 is 10.1 Å². The molecule has 0 atom stereocenters. The molecule has 0 saturated carbocycles. The van der Waals surface area contributed by atoms with E-state index in [-0.39, 0.29) is 0 Å². The van der Waals surface area contributed by atoms with E-state index in [0.29, 0.717) is 0 Å². The average Bonchev–Trinajstić information content (AvgIpc) is 3.25. The van der Waals surface area contributed by atoms with Gasteiger partial charge in [-0.05, 0) is 85.0 Å². The van der Waals surface area contributed by atoms with Crippen molar-refractivity contribution in [2.24, 2.45) is 0 Å². The molecule has 5 heteroatoms. The molecule has 3 aliphatic rings. The highest BCUT2D eigenvalue weighted by molar-refractivity contribution is 5.69. The molecule has 1 saturated heterocycles. The summed E-state index contributed by atoms with van der Waals surface area (Å²) in [6.07, 6.45) is 23.5. The maximum absolute atomic E-state index is 5.42. The number of allylic oxidation sites excluding steroid dienone is 7. The number of benzene rings is 1. The fourth-order valence-corrected chi connectivity index (χ4v) is 4.57.